The Balaban J connectivity index is 1.96. The standard InChI is InChI=1S/C13H26O/c1-2-7-13(14)11-6-10-12-8-4-3-5-9-12/h12-14H,2-11H2,1H3. The third-order valence-corrected chi connectivity index (χ3v) is 3.50. The first kappa shape index (κ1) is 12.0. The largest absolute Gasteiger partial charge is 0.393 e. The Morgan fingerprint density at radius 3 is 2.50 bits per heavy atom. The Morgan fingerprint density at radius 1 is 1.14 bits per heavy atom. The van der Waals surface area contributed by atoms with Gasteiger partial charge >= 0.3 is 0 Å². The van der Waals surface area contributed by atoms with Crippen molar-refractivity contribution in [3.8, 4) is 0 Å². The van der Waals surface area contributed by atoms with E-state index < -0.39 is 0 Å². The van der Waals surface area contributed by atoms with Crippen molar-refractivity contribution in [2.24, 2.45) is 5.92 Å². The van der Waals surface area contributed by atoms with E-state index in [1.807, 2.05) is 0 Å². The van der Waals surface area contributed by atoms with E-state index >= 15 is 0 Å². The summed E-state index contributed by atoms with van der Waals surface area (Å²) in [5, 5.41) is 9.58. The summed E-state index contributed by atoms with van der Waals surface area (Å²) in [6, 6.07) is 0. The lowest BCUT2D eigenvalue weighted by Crippen LogP contribution is -2.09. The molecule has 0 bridgehead atoms. The first-order valence-corrected chi connectivity index (χ1v) is 6.51. The average molecular weight is 198 g/mol. The summed E-state index contributed by atoms with van der Waals surface area (Å²) in [5.41, 5.74) is 0. The molecule has 0 aromatic rings. The van der Waals surface area contributed by atoms with Gasteiger partial charge in [-0.3, -0.25) is 0 Å². The number of rotatable bonds is 6. The first-order chi connectivity index (χ1) is 6.83. The topological polar surface area (TPSA) is 20.2 Å². The van der Waals surface area contributed by atoms with E-state index in [9.17, 15) is 5.11 Å². The summed E-state index contributed by atoms with van der Waals surface area (Å²) in [6.45, 7) is 2.14. The van der Waals surface area contributed by atoms with Crippen molar-refractivity contribution in [3.63, 3.8) is 0 Å². The van der Waals surface area contributed by atoms with Gasteiger partial charge in [-0.2, -0.15) is 0 Å². The molecule has 1 rings (SSSR count). The molecule has 0 aromatic heterocycles. The van der Waals surface area contributed by atoms with Crippen LogP contribution in [-0.4, -0.2) is 11.2 Å². The molecule has 0 heterocycles. The molecule has 0 radical (unpaired) electrons. The first-order valence-electron chi connectivity index (χ1n) is 6.51. The van der Waals surface area contributed by atoms with Crippen LogP contribution in [0.15, 0.2) is 0 Å². The van der Waals surface area contributed by atoms with Gasteiger partial charge < -0.3 is 5.11 Å². The molecule has 1 nitrogen and oxygen atoms in total. The predicted molar refractivity (Wildman–Crippen MR) is 61.3 cm³/mol. The van der Waals surface area contributed by atoms with Crippen molar-refractivity contribution in [3.05, 3.63) is 0 Å². The second kappa shape index (κ2) is 7.28. The number of hydrogen-bond acceptors (Lipinski definition) is 1. The van der Waals surface area contributed by atoms with Gasteiger partial charge in [0, 0.05) is 0 Å². The molecule has 1 atom stereocenters. The average Bonchev–Trinajstić information content (AvgIpc) is 2.20. The zero-order valence-electron chi connectivity index (χ0n) is 9.67. The van der Waals surface area contributed by atoms with Gasteiger partial charge in [0.1, 0.15) is 0 Å². The maximum absolute atomic E-state index is 9.58. The summed E-state index contributed by atoms with van der Waals surface area (Å²) in [7, 11) is 0. The van der Waals surface area contributed by atoms with Crippen LogP contribution in [0.3, 0.4) is 0 Å². The molecular formula is C13H26O. The maximum atomic E-state index is 9.58. The predicted octanol–water partition coefficient (Wildman–Crippen LogP) is 3.90. The summed E-state index contributed by atoms with van der Waals surface area (Å²) in [6.07, 6.45) is 13.0. The fraction of sp³-hybridized carbons (Fsp3) is 1.00. The Hall–Kier alpha value is -0.0400. The van der Waals surface area contributed by atoms with E-state index in [1.165, 1.54) is 44.9 Å². The number of hydrogen-bond donors (Lipinski definition) is 1. The van der Waals surface area contributed by atoms with Crippen LogP contribution in [0.25, 0.3) is 0 Å². The van der Waals surface area contributed by atoms with Crippen LogP contribution in [-0.2, 0) is 0 Å². The molecule has 0 amide bonds. The maximum Gasteiger partial charge on any atom is 0.0540 e. The minimum atomic E-state index is -0.0245. The Labute approximate surface area is 88.9 Å². The Kier molecular flexibility index (Phi) is 6.25. The van der Waals surface area contributed by atoms with Crippen LogP contribution in [0.1, 0.15) is 71.1 Å². The van der Waals surface area contributed by atoms with Crippen molar-refractivity contribution in [2.45, 2.75) is 77.2 Å². The lowest BCUT2D eigenvalue weighted by Gasteiger charge is -2.21. The summed E-state index contributed by atoms with van der Waals surface area (Å²) >= 11 is 0. The molecule has 14 heavy (non-hydrogen) atoms. The highest BCUT2D eigenvalue weighted by Gasteiger charge is 2.13. The molecule has 84 valence electrons. The van der Waals surface area contributed by atoms with Gasteiger partial charge in [0.15, 0.2) is 0 Å². The highest BCUT2D eigenvalue weighted by Crippen LogP contribution is 2.28. The molecule has 0 aromatic carbocycles. The fourth-order valence-corrected chi connectivity index (χ4v) is 2.60. The van der Waals surface area contributed by atoms with Gasteiger partial charge in [0.2, 0.25) is 0 Å². The highest BCUT2D eigenvalue weighted by molar-refractivity contribution is 4.66. The molecule has 0 saturated heterocycles. The van der Waals surface area contributed by atoms with Gasteiger partial charge in [-0.25, -0.2) is 0 Å². The van der Waals surface area contributed by atoms with Crippen LogP contribution < -0.4 is 0 Å². The number of aliphatic hydroxyl groups excluding tert-OH is 1. The summed E-state index contributed by atoms with van der Waals surface area (Å²) < 4.78 is 0. The van der Waals surface area contributed by atoms with Crippen LogP contribution in [0.2, 0.25) is 0 Å². The third-order valence-electron chi connectivity index (χ3n) is 3.50. The molecule has 0 spiro atoms. The van der Waals surface area contributed by atoms with Crippen LogP contribution in [0, 0.1) is 5.92 Å². The van der Waals surface area contributed by atoms with Gasteiger partial charge in [0.25, 0.3) is 0 Å². The van der Waals surface area contributed by atoms with Crippen molar-refractivity contribution in [2.75, 3.05) is 0 Å². The smallest absolute Gasteiger partial charge is 0.0540 e. The van der Waals surface area contributed by atoms with E-state index in [0.29, 0.717) is 0 Å². The van der Waals surface area contributed by atoms with Crippen molar-refractivity contribution in [1.29, 1.82) is 0 Å². The number of aliphatic hydroxyl groups is 1. The van der Waals surface area contributed by atoms with Crippen LogP contribution >= 0.6 is 0 Å². The van der Waals surface area contributed by atoms with E-state index in [0.717, 1.165) is 25.2 Å². The van der Waals surface area contributed by atoms with Crippen molar-refractivity contribution < 1.29 is 5.11 Å². The zero-order valence-corrected chi connectivity index (χ0v) is 9.67. The van der Waals surface area contributed by atoms with Gasteiger partial charge in [-0.15, -0.1) is 0 Å². The molecule has 0 aliphatic heterocycles. The minimum absolute atomic E-state index is 0.0245. The molecule has 1 aliphatic carbocycles. The van der Waals surface area contributed by atoms with E-state index in [-0.39, 0.29) is 6.10 Å². The van der Waals surface area contributed by atoms with E-state index in [1.54, 1.807) is 0 Å². The monoisotopic (exact) mass is 198 g/mol. The van der Waals surface area contributed by atoms with Gasteiger partial charge in [-0.1, -0.05) is 58.3 Å². The normalized spacial score (nSPS) is 21.0. The van der Waals surface area contributed by atoms with Gasteiger partial charge in [0.05, 0.1) is 6.10 Å². The third kappa shape index (κ3) is 4.99. The lowest BCUT2D eigenvalue weighted by molar-refractivity contribution is 0.146. The molecule has 1 N–H and O–H groups in total. The summed E-state index contributed by atoms with van der Waals surface area (Å²) in [5.74, 6) is 0.984. The molecule has 1 unspecified atom stereocenters. The van der Waals surface area contributed by atoms with Crippen LogP contribution in [0.4, 0.5) is 0 Å². The Morgan fingerprint density at radius 2 is 1.86 bits per heavy atom. The minimum Gasteiger partial charge on any atom is -0.393 e. The SMILES string of the molecule is CCCC(O)CCCC1CCCCC1. The highest BCUT2D eigenvalue weighted by atomic mass is 16.3. The van der Waals surface area contributed by atoms with E-state index in [2.05, 4.69) is 6.92 Å². The lowest BCUT2D eigenvalue weighted by atomic mass is 9.85. The fourth-order valence-electron chi connectivity index (χ4n) is 2.60. The molecular weight excluding hydrogens is 172 g/mol. The Bertz CT molecular complexity index is 127. The van der Waals surface area contributed by atoms with Crippen LogP contribution in [0.5, 0.6) is 0 Å². The quantitative estimate of drug-likeness (QED) is 0.686. The molecule has 1 heteroatoms. The molecule has 1 saturated carbocycles. The van der Waals surface area contributed by atoms with E-state index in [4.69, 9.17) is 0 Å². The van der Waals surface area contributed by atoms with Gasteiger partial charge in [-0.05, 0) is 18.8 Å². The second-order valence-corrected chi connectivity index (χ2v) is 4.88. The zero-order chi connectivity index (χ0) is 10.2. The second-order valence-electron chi connectivity index (χ2n) is 4.88. The van der Waals surface area contributed by atoms with Crippen molar-refractivity contribution in [1.82, 2.24) is 0 Å². The molecule has 1 fully saturated rings. The summed E-state index contributed by atoms with van der Waals surface area (Å²) in [4.78, 5) is 0. The molecule has 1 aliphatic rings. The van der Waals surface area contributed by atoms with Crippen molar-refractivity contribution >= 4 is 0 Å².